The molecule has 0 bridgehead atoms. The molecule has 2 atom stereocenters. The van der Waals surface area contributed by atoms with Crippen LogP contribution in [0.3, 0.4) is 0 Å². The number of benzene rings is 2. The highest BCUT2D eigenvalue weighted by molar-refractivity contribution is 6.04. The third kappa shape index (κ3) is 5.43. The molecule has 8 heteroatoms. The first-order chi connectivity index (χ1) is 14.1. The number of hydrogen-bond acceptors (Lipinski definition) is 7. The number of fused-ring (bicyclic) bond motifs is 1. The quantitative estimate of drug-likeness (QED) is 0.363. The Hall–Kier alpha value is -3.23. The van der Waals surface area contributed by atoms with Gasteiger partial charge >= 0.3 is 6.09 Å². The van der Waals surface area contributed by atoms with Crippen molar-refractivity contribution in [2.75, 3.05) is 0 Å². The molecule has 5 N–H and O–H groups in total. The SMILES string of the molecule is CC(C)(C)OC(=O)NC(=N)c1ccc(C[C@H](N)C(O)c2nc3ccccc3o2)cc1.[2H-].[2H-].[2H-].[2H-].[2H-].[2H-]. The maximum atomic E-state index is 11.8. The molecule has 0 saturated carbocycles. The number of hydrogen-bond donors (Lipinski definition) is 4. The van der Waals surface area contributed by atoms with Gasteiger partial charge in [0.05, 0.1) is 0 Å². The van der Waals surface area contributed by atoms with Gasteiger partial charge in [-0.2, -0.15) is 0 Å². The normalized spacial score (nSPS) is 13.6. The van der Waals surface area contributed by atoms with Gasteiger partial charge in [0.2, 0.25) is 5.89 Å². The molecule has 0 aliphatic carbocycles. The summed E-state index contributed by atoms with van der Waals surface area (Å²) in [5.41, 5.74) is 8.18. The largest absolute Gasteiger partial charge is 1.00 e. The van der Waals surface area contributed by atoms with Crippen molar-refractivity contribution in [3.63, 3.8) is 0 Å². The molecule has 1 unspecified atom stereocenters. The van der Waals surface area contributed by atoms with E-state index in [0.717, 1.165) is 5.56 Å². The summed E-state index contributed by atoms with van der Waals surface area (Å²) in [6.07, 6.45) is -1.35. The van der Waals surface area contributed by atoms with Gasteiger partial charge in [-0.15, -0.1) is 0 Å². The van der Waals surface area contributed by atoms with Crippen LogP contribution in [0.2, 0.25) is 0 Å². The van der Waals surface area contributed by atoms with Crippen LogP contribution in [0.15, 0.2) is 52.9 Å². The van der Waals surface area contributed by atoms with Crippen molar-refractivity contribution in [3.8, 4) is 0 Å². The van der Waals surface area contributed by atoms with Crippen LogP contribution < -0.4 is 11.1 Å². The van der Waals surface area contributed by atoms with Crippen LogP contribution in [0.4, 0.5) is 4.79 Å². The number of aliphatic hydroxyl groups excluding tert-OH is 1. The average Bonchev–Trinajstić information content (AvgIpc) is 3.10. The van der Waals surface area contributed by atoms with E-state index in [2.05, 4.69) is 10.3 Å². The van der Waals surface area contributed by atoms with E-state index < -0.39 is 23.8 Å². The molecule has 2 aromatic carbocycles. The van der Waals surface area contributed by atoms with Gasteiger partial charge in [-0.3, -0.25) is 10.7 Å². The highest BCUT2D eigenvalue weighted by Gasteiger charge is 2.23. The number of ether oxygens (including phenoxy) is 1. The number of amides is 1. The first-order valence-electron chi connectivity index (χ1n) is 9.59. The number of nitrogens with zero attached hydrogens (tertiary/aromatic N) is 1. The Morgan fingerprint density at radius 1 is 1.27 bits per heavy atom. The smallest absolute Gasteiger partial charge is 0.413 e. The number of alkyl carbamates (subject to hydrolysis) is 1. The second-order valence-corrected chi connectivity index (χ2v) is 8.03. The Bertz CT molecular complexity index is 1030. The third-order valence-corrected chi connectivity index (χ3v) is 4.31. The number of aromatic nitrogens is 1. The van der Waals surface area contributed by atoms with E-state index >= 15 is 0 Å². The molecule has 1 amide bonds. The summed E-state index contributed by atoms with van der Waals surface area (Å²) >= 11 is 0. The van der Waals surface area contributed by atoms with Gasteiger partial charge in [-0.25, -0.2) is 9.78 Å². The molecule has 3 rings (SSSR count). The van der Waals surface area contributed by atoms with E-state index in [0.29, 0.717) is 23.1 Å². The molecule has 0 radical (unpaired) electrons. The number of nitrogens with one attached hydrogen (secondary N) is 2. The van der Waals surface area contributed by atoms with Gasteiger partial charge in [0.25, 0.3) is 0 Å². The Labute approximate surface area is 183 Å². The zero-order valence-electron chi connectivity index (χ0n) is 23.2. The average molecular weight is 423 g/mol. The molecule has 0 saturated heterocycles. The minimum absolute atomic E-state index is 0. The molecule has 8 nitrogen and oxygen atoms in total. The van der Waals surface area contributed by atoms with Crippen LogP contribution >= 0.6 is 0 Å². The van der Waals surface area contributed by atoms with Crippen molar-refractivity contribution in [2.24, 2.45) is 5.73 Å². The Balaban J connectivity index is -0.000000853. The molecule has 0 aliphatic rings. The number of nitrogens with two attached hydrogens (primary N) is 1. The number of aliphatic hydroxyl groups is 1. The molecule has 3 aromatic rings. The number of carbonyl (C=O) groups excluding carboxylic acids is 1. The van der Waals surface area contributed by atoms with Gasteiger partial charge in [-0.05, 0) is 44.9 Å². The van der Waals surface area contributed by atoms with Crippen molar-refractivity contribution < 1.29 is 27.6 Å². The van der Waals surface area contributed by atoms with Crippen molar-refractivity contribution >= 4 is 23.0 Å². The van der Waals surface area contributed by atoms with E-state index in [1.165, 1.54) is 0 Å². The monoisotopic (exact) mass is 422 g/mol. The van der Waals surface area contributed by atoms with Gasteiger partial charge in [0, 0.05) is 11.6 Å². The predicted octanol–water partition coefficient (Wildman–Crippen LogP) is 3.96. The second kappa shape index (κ2) is 8.64. The molecule has 1 heterocycles. The van der Waals surface area contributed by atoms with Crippen molar-refractivity contribution in [1.82, 2.24) is 10.3 Å². The fourth-order valence-electron chi connectivity index (χ4n) is 2.87. The highest BCUT2D eigenvalue weighted by Crippen LogP contribution is 2.23. The van der Waals surface area contributed by atoms with E-state index in [1.54, 1.807) is 57.2 Å². The van der Waals surface area contributed by atoms with Crippen LogP contribution in [0, 0.1) is 5.41 Å². The van der Waals surface area contributed by atoms with Gasteiger partial charge in [0.1, 0.15) is 23.1 Å². The summed E-state index contributed by atoms with van der Waals surface area (Å²) in [6.45, 7) is 5.26. The minimum atomic E-state index is -1.05. The topological polar surface area (TPSA) is 134 Å². The molecule has 0 aliphatic heterocycles. The van der Waals surface area contributed by atoms with Crippen LogP contribution in [-0.4, -0.2) is 33.7 Å². The number of amidine groups is 1. The standard InChI is InChI=1S/C22H26N4O4.6H/c1-22(2,3)30-21(28)26-19(24)14-10-8-13(9-11-14)12-15(23)18(27)20-25-16-6-4-5-7-17(16)29-20;;;;;;/h4-11,15,18,27H,12,23H2,1-3H3,(H2,24,26,28);;;;;;/q;6*-1/t15-,18?;;;;;;/m0....../s1/i;6*1+1. The summed E-state index contributed by atoms with van der Waals surface area (Å²) in [7, 11) is 0. The number of para-hydroxylation sites is 2. The summed E-state index contributed by atoms with van der Waals surface area (Å²) in [5, 5.41) is 20.9. The molecular formula is C22H32N4O4-6. The van der Waals surface area contributed by atoms with Gasteiger partial charge < -0.3 is 28.6 Å². The van der Waals surface area contributed by atoms with E-state index in [4.69, 9.17) is 20.3 Å². The lowest BCUT2D eigenvalue weighted by Crippen LogP contribution is -2.36. The van der Waals surface area contributed by atoms with Crippen LogP contribution in [0.25, 0.3) is 11.1 Å². The molecule has 0 spiro atoms. The molecule has 0 fully saturated rings. The van der Waals surface area contributed by atoms with Crippen molar-refractivity contribution in [1.29, 1.82) is 5.41 Å². The summed E-state index contributed by atoms with van der Waals surface area (Å²) in [6, 6.07) is 13.6. The molecule has 1 aromatic heterocycles. The fraction of sp³-hybridized carbons (Fsp3) is 0.318. The van der Waals surface area contributed by atoms with Crippen LogP contribution in [0.5, 0.6) is 0 Å². The molecule has 170 valence electrons. The van der Waals surface area contributed by atoms with E-state index in [1.807, 2.05) is 12.1 Å². The maximum absolute atomic E-state index is 11.8. The zero-order valence-corrected chi connectivity index (χ0v) is 17.2. The lowest BCUT2D eigenvalue weighted by molar-refractivity contribution is 0.0563. The lowest BCUT2D eigenvalue weighted by atomic mass is 10.0. The minimum Gasteiger partial charge on any atom is -1.00 e. The fourth-order valence-corrected chi connectivity index (χ4v) is 2.87. The number of oxazole rings is 1. The maximum Gasteiger partial charge on any atom is 0.413 e. The van der Waals surface area contributed by atoms with E-state index in [-0.39, 0.29) is 20.3 Å². The Kier molecular flexibility index (Phi) is 6.19. The highest BCUT2D eigenvalue weighted by atomic mass is 16.6. The van der Waals surface area contributed by atoms with Crippen molar-refractivity contribution in [2.45, 2.75) is 44.9 Å². The van der Waals surface area contributed by atoms with E-state index in [9.17, 15) is 9.90 Å². The zero-order chi connectivity index (χ0) is 21.9. The molecular weight excluding hydrogens is 384 g/mol. The number of carbonyl (C=O) groups is 1. The number of rotatable bonds is 5. The Morgan fingerprint density at radius 2 is 1.93 bits per heavy atom. The van der Waals surface area contributed by atoms with Gasteiger partial charge in [0.15, 0.2) is 5.58 Å². The van der Waals surface area contributed by atoms with Crippen molar-refractivity contribution in [3.05, 3.63) is 65.5 Å². The summed E-state index contributed by atoms with van der Waals surface area (Å²) in [5.74, 6) is 0.121. The Morgan fingerprint density at radius 3 is 2.57 bits per heavy atom. The first kappa shape index (κ1) is 21.5. The third-order valence-electron chi connectivity index (χ3n) is 4.31. The van der Waals surface area contributed by atoms with Crippen LogP contribution in [0.1, 0.15) is 52.5 Å². The predicted molar refractivity (Wildman–Crippen MR) is 120 cm³/mol. The van der Waals surface area contributed by atoms with Gasteiger partial charge in [-0.1, -0.05) is 36.4 Å². The lowest BCUT2D eigenvalue weighted by Gasteiger charge is -2.20. The second-order valence-electron chi connectivity index (χ2n) is 8.03. The summed E-state index contributed by atoms with van der Waals surface area (Å²) in [4.78, 5) is 16.1. The molecule has 30 heavy (non-hydrogen) atoms. The summed E-state index contributed by atoms with van der Waals surface area (Å²) < 4.78 is 10.7. The first-order valence-corrected chi connectivity index (χ1v) is 9.59. The van der Waals surface area contributed by atoms with Crippen LogP contribution in [-0.2, 0) is 11.2 Å².